The summed E-state index contributed by atoms with van der Waals surface area (Å²) in [7, 11) is -3.68. The molecule has 30 heavy (non-hydrogen) atoms. The lowest BCUT2D eigenvalue weighted by Gasteiger charge is -2.60. The van der Waals surface area contributed by atoms with Crippen molar-refractivity contribution in [2.75, 3.05) is 0 Å². The summed E-state index contributed by atoms with van der Waals surface area (Å²) in [6.45, 7) is 7.07. The highest BCUT2D eigenvalue weighted by molar-refractivity contribution is 7.86. The van der Waals surface area contributed by atoms with Gasteiger partial charge in [0.1, 0.15) is 0 Å². The van der Waals surface area contributed by atoms with Crippen LogP contribution in [0, 0.1) is 41.4 Å². The molecule has 0 aliphatic heterocycles. The number of rotatable bonds is 3. The quantitative estimate of drug-likeness (QED) is 0.514. The van der Waals surface area contributed by atoms with Crippen LogP contribution in [0.3, 0.4) is 0 Å². The van der Waals surface area contributed by atoms with E-state index < -0.39 is 10.1 Å². The van der Waals surface area contributed by atoms with Crippen molar-refractivity contribution >= 4 is 10.1 Å². The highest BCUT2D eigenvalue weighted by Gasteiger charge is 2.58. The normalized spacial score (nSPS) is 43.5. The largest absolute Gasteiger partial charge is 0.297 e. The van der Waals surface area contributed by atoms with Crippen molar-refractivity contribution < 1.29 is 12.6 Å². The Morgan fingerprint density at radius 3 is 2.43 bits per heavy atom. The minimum atomic E-state index is -3.68. The first-order valence-corrected chi connectivity index (χ1v) is 13.6. The first-order chi connectivity index (χ1) is 14.2. The molecule has 166 valence electrons. The third-order valence-corrected chi connectivity index (χ3v) is 11.3. The van der Waals surface area contributed by atoms with Crippen molar-refractivity contribution in [3.8, 4) is 0 Å². The fraction of sp³-hybridized carbons (Fsp3) is 0.769. The first kappa shape index (κ1) is 21.0. The summed E-state index contributed by atoms with van der Waals surface area (Å²) in [5, 5.41) is 0. The molecule has 0 spiro atoms. The Morgan fingerprint density at radius 2 is 1.67 bits per heavy atom. The van der Waals surface area contributed by atoms with Crippen molar-refractivity contribution in [1.29, 1.82) is 0 Å². The average molecular weight is 431 g/mol. The Hall–Kier alpha value is -0.870. The molecule has 0 bridgehead atoms. The zero-order valence-corrected chi connectivity index (χ0v) is 19.7. The van der Waals surface area contributed by atoms with Gasteiger partial charge in [0.25, 0.3) is 10.1 Å². The second-order valence-corrected chi connectivity index (χ2v) is 13.1. The molecule has 4 heteroatoms. The van der Waals surface area contributed by atoms with E-state index in [0.29, 0.717) is 16.7 Å². The maximum absolute atomic E-state index is 12.8. The van der Waals surface area contributed by atoms with Gasteiger partial charge in [-0.3, -0.25) is 4.18 Å². The van der Waals surface area contributed by atoms with Crippen LogP contribution in [-0.4, -0.2) is 14.5 Å². The monoisotopic (exact) mass is 430 g/mol. The standard InChI is InChI=1S/C26H38O3S/c1-18-6-9-21(10-7-18)30(27,28)29-20-12-16-26(3)19(17-20)8-11-22-23-5-4-14-25(23,2)15-13-24(22)26/h6-7,9-10,19-20,22-24H,4-5,8,11-17H2,1-3H3/t19-,20+,22+,23-,24+,25-,26-/m1/s1. The fourth-order valence-electron chi connectivity index (χ4n) is 8.24. The van der Waals surface area contributed by atoms with Crippen LogP contribution in [0.5, 0.6) is 0 Å². The van der Waals surface area contributed by atoms with Gasteiger partial charge in [-0.2, -0.15) is 8.42 Å². The van der Waals surface area contributed by atoms with E-state index in [2.05, 4.69) is 13.8 Å². The van der Waals surface area contributed by atoms with Crippen LogP contribution in [0.1, 0.15) is 83.6 Å². The highest BCUT2D eigenvalue weighted by atomic mass is 32.2. The highest BCUT2D eigenvalue weighted by Crippen LogP contribution is 2.66. The molecule has 3 nitrogen and oxygen atoms in total. The van der Waals surface area contributed by atoms with Gasteiger partial charge in [0.05, 0.1) is 11.0 Å². The molecule has 4 aliphatic rings. The van der Waals surface area contributed by atoms with E-state index in [1.54, 1.807) is 12.1 Å². The third-order valence-electron chi connectivity index (χ3n) is 9.97. The average Bonchev–Trinajstić information content (AvgIpc) is 3.10. The van der Waals surface area contributed by atoms with Gasteiger partial charge in [0.15, 0.2) is 0 Å². The molecule has 0 radical (unpaired) electrons. The van der Waals surface area contributed by atoms with Gasteiger partial charge in [-0.25, -0.2) is 0 Å². The molecule has 0 aromatic heterocycles. The van der Waals surface area contributed by atoms with Crippen LogP contribution in [0.2, 0.25) is 0 Å². The lowest BCUT2D eigenvalue weighted by Crippen LogP contribution is -2.53. The van der Waals surface area contributed by atoms with Crippen molar-refractivity contribution in [1.82, 2.24) is 0 Å². The van der Waals surface area contributed by atoms with Crippen molar-refractivity contribution in [2.24, 2.45) is 34.5 Å². The zero-order valence-electron chi connectivity index (χ0n) is 18.9. The van der Waals surface area contributed by atoms with Crippen LogP contribution < -0.4 is 0 Å². The van der Waals surface area contributed by atoms with E-state index in [9.17, 15) is 8.42 Å². The molecule has 1 aromatic rings. The number of aryl methyl sites for hydroxylation is 1. The van der Waals surface area contributed by atoms with Crippen LogP contribution in [-0.2, 0) is 14.3 Å². The molecule has 0 heterocycles. The zero-order chi connectivity index (χ0) is 21.1. The van der Waals surface area contributed by atoms with Crippen molar-refractivity contribution in [3.05, 3.63) is 29.8 Å². The summed E-state index contributed by atoms with van der Waals surface area (Å²) >= 11 is 0. The number of benzene rings is 1. The molecule has 5 rings (SSSR count). The Morgan fingerprint density at radius 1 is 0.900 bits per heavy atom. The molecule has 0 N–H and O–H groups in total. The fourth-order valence-corrected chi connectivity index (χ4v) is 9.35. The van der Waals surface area contributed by atoms with E-state index in [4.69, 9.17) is 4.18 Å². The van der Waals surface area contributed by atoms with Crippen molar-refractivity contribution in [2.45, 2.75) is 96.0 Å². The van der Waals surface area contributed by atoms with E-state index in [1.165, 1.54) is 44.9 Å². The van der Waals surface area contributed by atoms with Crippen LogP contribution in [0.4, 0.5) is 0 Å². The van der Waals surface area contributed by atoms with Gasteiger partial charge in [-0.1, -0.05) is 38.0 Å². The predicted octanol–water partition coefficient (Wildman–Crippen LogP) is 6.50. The van der Waals surface area contributed by atoms with Gasteiger partial charge in [0, 0.05) is 0 Å². The van der Waals surface area contributed by atoms with Gasteiger partial charge in [-0.15, -0.1) is 0 Å². The summed E-state index contributed by atoms with van der Waals surface area (Å²) in [6.07, 6.45) is 12.5. The Labute approximate surface area is 183 Å². The van der Waals surface area contributed by atoms with Crippen LogP contribution in [0.15, 0.2) is 29.2 Å². The van der Waals surface area contributed by atoms with Crippen molar-refractivity contribution in [3.63, 3.8) is 0 Å². The second-order valence-electron chi connectivity index (χ2n) is 11.5. The van der Waals surface area contributed by atoms with E-state index in [0.717, 1.165) is 42.6 Å². The molecule has 0 unspecified atom stereocenters. The summed E-state index contributed by atoms with van der Waals surface area (Å²) in [4.78, 5) is 0.290. The van der Waals surface area contributed by atoms with E-state index >= 15 is 0 Å². The molecule has 0 amide bonds. The lowest BCUT2D eigenvalue weighted by molar-refractivity contribution is -0.117. The van der Waals surface area contributed by atoms with Gasteiger partial charge < -0.3 is 0 Å². The smallest absolute Gasteiger partial charge is 0.263 e. The molecule has 1 aromatic carbocycles. The van der Waals surface area contributed by atoms with Crippen LogP contribution in [0.25, 0.3) is 0 Å². The second kappa shape index (κ2) is 7.33. The third kappa shape index (κ3) is 3.37. The summed E-state index contributed by atoms with van der Waals surface area (Å²) in [5.41, 5.74) is 2.04. The Balaban J connectivity index is 1.30. The first-order valence-electron chi connectivity index (χ1n) is 12.2. The predicted molar refractivity (Wildman–Crippen MR) is 120 cm³/mol. The molecule has 4 aliphatic carbocycles. The van der Waals surface area contributed by atoms with E-state index in [-0.39, 0.29) is 11.0 Å². The van der Waals surface area contributed by atoms with E-state index in [1.807, 2.05) is 19.1 Å². The molecule has 4 saturated carbocycles. The minimum Gasteiger partial charge on any atom is -0.263 e. The summed E-state index contributed by atoms with van der Waals surface area (Å²) < 4.78 is 31.4. The SMILES string of the molecule is Cc1ccc(S(=O)(=O)O[C@H]2CC[C@]3(C)[C@H](CC[C@H]4[C@H]5CCC[C@]5(C)CC[C@@H]43)C2)cc1. The van der Waals surface area contributed by atoms with Gasteiger partial charge in [-0.05, 0) is 111 Å². The van der Waals surface area contributed by atoms with Gasteiger partial charge >= 0.3 is 0 Å². The summed E-state index contributed by atoms with van der Waals surface area (Å²) in [5.74, 6) is 3.28. The summed E-state index contributed by atoms with van der Waals surface area (Å²) in [6, 6.07) is 7.03. The Kier molecular flexibility index (Phi) is 5.13. The molecular weight excluding hydrogens is 392 g/mol. The van der Waals surface area contributed by atoms with Gasteiger partial charge in [0.2, 0.25) is 0 Å². The molecule has 0 saturated heterocycles. The Bertz CT molecular complexity index is 891. The number of hydrogen-bond donors (Lipinski definition) is 0. The molecule has 4 fully saturated rings. The molecule has 7 atom stereocenters. The number of hydrogen-bond acceptors (Lipinski definition) is 3. The maximum atomic E-state index is 12.8. The minimum absolute atomic E-state index is 0.161. The topological polar surface area (TPSA) is 43.4 Å². The molecular formula is C26H38O3S. The lowest BCUT2D eigenvalue weighted by atomic mass is 9.45. The van der Waals surface area contributed by atoms with Crippen LogP contribution >= 0.6 is 0 Å². The number of fused-ring (bicyclic) bond motifs is 5. The maximum Gasteiger partial charge on any atom is 0.297 e.